The molecule has 3 aromatic rings. The number of nitrogens with zero attached hydrogens (tertiary/aromatic N) is 4. The van der Waals surface area contributed by atoms with Gasteiger partial charge in [-0.05, 0) is 43.4 Å². The Morgan fingerprint density at radius 2 is 2.32 bits per heavy atom. The highest BCUT2D eigenvalue weighted by Gasteiger charge is 2.50. The van der Waals surface area contributed by atoms with Crippen molar-refractivity contribution in [2.24, 2.45) is 5.92 Å². The molecule has 1 aliphatic carbocycles. The van der Waals surface area contributed by atoms with Gasteiger partial charge in [-0.25, -0.2) is 0 Å². The molecule has 3 atom stereocenters. The first-order valence-corrected chi connectivity index (χ1v) is 10.4. The number of H-pyrrole nitrogens is 1. The van der Waals surface area contributed by atoms with E-state index in [9.17, 15) is 9.90 Å². The molecule has 4 heterocycles. The number of hydrogen-bond donors (Lipinski definition) is 2. The van der Waals surface area contributed by atoms with E-state index >= 15 is 0 Å². The Kier molecular flexibility index (Phi) is 4.25. The number of piperidine rings is 1. The van der Waals surface area contributed by atoms with Crippen LogP contribution in [-0.2, 0) is 5.60 Å². The zero-order valence-corrected chi connectivity index (χ0v) is 16.1. The summed E-state index contributed by atoms with van der Waals surface area (Å²) in [5.74, 6) is 0.334. The lowest BCUT2D eigenvalue weighted by molar-refractivity contribution is 0.0286. The quantitative estimate of drug-likeness (QED) is 0.711. The van der Waals surface area contributed by atoms with Crippen LogP contribution in [0.15, 0.2) is 42.2 Å². The predicted molar refractivity (Wildman–Crippen MR) is 105 cm³/mol. The maximum Gasteiger partial charge on any atom is 0.254 e. The molecule has 0 bridgehead atoms. The van der Waals surface area contributed by atoms with Gasteiger partial charge in [-0.3, -0.25) is 9.89 Å². The van der Waals surface area contributed by atoms with Crippen molar-refractivity contribution in [1.82, 2.24) is 25.3 Å². The molecule has 2 fully saturated rings. The van der Waals surface area contributed by atoms with Gasteiger partial charge in [0, 0.05) is 47.2 Å². The number of hydrogen-bond acceptors (Lipinski definition) is 6. The molecule has 1 saturated carbocycles. The number of carbonyl (C=O) groups excluding carboxylic acids is 1. The molecule has 7 nitrogen and oxygen atoms in total. The molecular weight excluding hydrogens is 374 g/mol. The summed E-state index contributed by atoms with van der Waals surface area (Å²) in [6.45, 7) is 0.730. The number of likely N-dealkylation sites (tertiary alicyclic amines) is 1. The summed E-state index contributed by atoms with van der Waals surface area (Å²) < 4.78 is 0. The van der Waals surface area contributed by atoms with Gasteiger partial charge in [-0.2, -0.15) is 15.3 Å². The number of carbonyl (C=O) groups is 1. The van der Waals surface area contributed by atoms with Crippen LogP contribution in [0.3, 0.4) is 0 Å². The molecule has 3 aromatic heterocycles. The molecule has 8 heteroatoms. The van der Waals surface area contributed by atoms with E-state index in [0.29, 0.717) is 24.1 Å². The SMILES string of the molecule is O=C(c1csc(-c2cn[nH]c2)c1)N1CCCC2CC(O)(c3cccnn3)CC21. The molecule has 0 radical (unpaired) electrons. The molecule has 1 aliphatic heterocycles. The van der Waals surface area contributed by atoms with Gasteiger partial charge >= 0.3 is 0 Å². The normalized spacial score (nSPS) is 27.0. The van der Waals surface area contributed by atoms with Gasteiger partial charge in [0.1, 0.15) is 5.60 Å². The molecule has 28 heavy (non-hydrogen) atoms. The Balaban J connectivity index is 1.39. The number of rotatable bonds is 3. The third-order valence-corrected chi connectivity index (χ3v) is 6.98. The van der Waals surface area contributed by atoms with Crippen molar-refractivity contribution in [2.45, 2.75) is 37.3 Å². The highest BCUT2D eigenvalue weighted by Crippen LogP contribution is 2.47. The van der Waals surface area contributed by atoms with E-state index in [0.717, 1.165) is 29.8 Å². The van der Waals surface area contributed by atoms with Crippen molar-refractivity contribution in [3.05, 3.63) is 53.4 Å². The molecule has 5 rings (SSSR count). The second-order valence-corrected chi connectivity index (χ2v) is 8.61. The standard InChI is InChI=1S/C20H21N5O2S/c26-19(14-7-17(28-12-14)15-10-22-23-11-15)25-6-2-3-13-8-20(27,9-16(13)25)18-4-1-5-21-24-18/h1,4-5,7,10-13,16,27H,2-3,6,8-9H2,(H,22,23). The zero-order valence-electron chi connectivity index (χ0n) is 15.3. The summed E-state index contributed by atoms with van der Waals surface area (Å²) in [4.78, 5) is 16.3. The second kappa shape index (κ2) is 6.79. The van der Waals surface area contributed by atoms with Gasteiger partial charge in [0.05, 0.1) is 17.5 Å². The van der Waals surface area contributed by atoms with Gasteiger partial charge in [0.15, 0.2) is 0 Å². The van der Waals surface area contributed by atoms with Gasteiger partial charge in [-0.15, -0.1) is 11.3 Å². The van der Waals surface area contributed by atoms with E-state index in [-0.39, 0.29) is 17.9 Å². The van der Waals surface area contributed by atoms with Crippen molar-refractivity contribution >= 4 is 17.2 Å². The minimum atomic E-state index is -1.01. The number of nitrogens with one attached hydrogen (secondary N) is 1. The van der Waals surface area contributed by atoms with E-state index in [1.165, 1.54) is 0 Å². The van der Waals surface area contributed by atoms with E-state index < -0.39 is 5.60 Å². The van der Waals surface area contributed by atoms with Crippen LogP contribution in [0.2, 0.25) is 0 Å². The smallest absolute Gasteiger partial charge is 0.254 e. The summed E-state index contributed by atoms with van der Waals surface area (Å²) in [5, 5.41) is 28.0. The maximum absolute atomic E-state index is 13.3. The Bertz CT molecular complexity index is 974. The Morgan fingerprint density at radius 3 is 3.11 bits per heavy atom. The fourth-order valence-corrected chi connectivity index (χ4v) is 5.54. The first-order chi connectivity index (χ1) is 13.6. The summed E-state index contributed by atoms with van der Waals surface area (Å²) in [5.41, 5.74) is 1.29. The topological polar surface area (TPSA) is 95.0 Å². The Hall–Kier alpha value is -2.58. The highest BCUT2D eigenvalue weighted by molar-refractivity contribution is 7.13. The fourth-order valence-electron chi connectivity index (χ4n) is 4.68. The first kappa shape index (κ1) is 17.5. The van der Waals surface area contributed by atoms with Crippen LogP contribution >= 0.6 is 11.3 Å². The second-order valence-electron chi connectivity index (χ2n) is 7.70. The first-order valence-electron chi connectivity index (χ1n) is 9.53. The summed E-state index contributed by atoms with van der Waals surface area (Å²) >= 11 is 1.55. The van der Waals surface area contributed by atoms with Crippen LogP contribution in [-0.4, -0.2) is 48.9 Å². The number of aromatic amines is 1. The molecule has 2 N–H and O–H groups in total. The molecule has 144 valence electrons. The zero-order chi connectivity index (χ0) is 19.1. The highest BCUT2D eigenvalue weighted by atomic mass is 32.1. The maximum atomic E-state index is 13.3. The Labute approximate surface area is 166 Å². The molecule has 1 amide bonds. The molecular formula is C20H21N5O2S. The lowest BCUT2D eigenvalue weighted by Crippen LogP contribution is -2.46. The van der Waals surface area contributed by atoms with E-state index in [1.54, 1.807) is 29.8 Å². The molecule has 3 unspecified atom stereocenters. The van der Waals surface area contributed by atoms with Crippen LogP contribution in [0.5, 0.6) is 0 Å². The molecule has 0 aromatic carbocycles. The number of aromatic nitrogens is 4. The lowest BCUT2D eigenvalue weighted by Gasteiger charge is -2.37. The lowest BCUT2D eigenvalue weighted by atomic mass is 9.91. The minimum Gasteiger partial charge on any atom is -0.383 e. The van der Waals surface area contributed by atoms with Gasteiger partial charge in [0.2, 0.25) is 0 Å². The van der Waals surface area contributed by atoms with E-state index in [1.807, 2.05) is 28.6 Å². The summed E-state index contributed by atoms with van der Waals surface area (Å²) in [7, 11) is 0. The van der Waals surface area contributed by atoms with Crippen molar-refractivity contribution in [1.29, 1.82) is 0 Å². The van der Waals surface area contributed by atoms with Crippen LogP contribution in [0.4, 0.5) is 0 Å². The number of fused-ring (bicyclic) bond motifs is 1. The monoisotopic (exact) mass is 395 g/mol. The van der Waals surface area contributed by atoms with Gasteiger partial charge < -0.3 is 10.0 Å². The molecule has 1 saturated heterocycles. The number of aliphatic hydroxyl groups is 1. The predicted octanol–water partition coefficient (Wildman–Crippen LogP) is 2.83. The number of thiophene rings is 1. The van der Waals surface area contributed by atoms with Crippen LogP contribution in [0.1, 0.15) is 41.7 Å². The van der Waals surface area contributed by atoms with Crippen molar-refractivity contribution in [2.75, 3.05) is 6.54 Å². The van der Waals surface area contributed by atoms with Gasteiger partial charge in [0.25, 0.3) is 5.91 Å². The minimum absolute atomic E-state index is 0.0329. The Morgan fingerprint density at radius 1 is 1.39 bits per heavy atom. The van der Waals surface area contributed by atoms with Crippen molar-refractivity contribution < 1.29 is 9.90 Å². The average molecular weight is 395 g/mol. The van der Waals surface area contributed by atoms with Crippen molar-refractivity contribution in [3.8, 4) is 10.4 Å². The van der Waals surface area contributed by atoms with Gasteiger partial charge in [-0.1, -0.05) is 0 Å². The number of amides is 1. The van der Waals surface area contributed by atoms with E-state index in [4.69, 9.17) is 0 Å². The third kappa shape index (κ3) is 2.93. The summed E-state index contributed by atoms with van der Waals surface area (Å²) in [6.07, 6.45) is 8.33. The average Bonchev–Trinajstić information content (AvgIpc) is 3.46. The molecule has 0 spiro atoms. The van der Waals surface area contributed by atoms with Crippen LogP contribution in [0, 0.1) is 5.92 Å². The molecule has 2 aliphatic rings. The van der Waals surface area contributed by atoms with Crippen LogP contribution in [0.25, 0.3) is 10.4 Å². The largest absolute Gasteiger partial charge is 0.383 e. The van der Waals surface area contributed by atoms with E-state index in [2.05, 4.69) is 20.4 Å². The van der Waals surface area contributed by atoms with Crippen LogP contribution < -0.4 is 0 Å². The fraction of sp³-hybridized carbons (Fsp3) is 0.400. The summed E-state index contributed by atoms with van der Waals surface area (Å²) in [6, 6.07) is 5.59. The van der Waals surface area contributed by atoms with Crippen molar-refractivity contribution in [3.63, 3.8) is 0 Å². The third-order valence-electron chi connectivity index (χ3n) is 6.00.